The minimum atomic E-state index is -0.0199. The van der Waals surface area contributed by atoms with Gasteiger partial charge in [-0.1, -0.05) is 22.0 Å². The highest BCUT2D eigenvalue weighted by molar-refractivity contribution is 9.10. The van der Waals surface area contributed by atoms with Gasteiger partial charge in [-0.25, -0.2) is 0 Å². The van der Waals surface area contributed by atoms with Gasteiger partial charge in [0.1, 0.15) is 12.0 Å². The molecule has 0 amide bonds. The van der Waals surface area contributed by atoms with Crippen LogP contribution in [0.15, 0.2) is 70.0 Å². The molecule has 1 aromatic carbocycles. The Morgan fingerprint density at radius 1 is 1.17 bits per heavy atom. The van der Waals surface area contributed by atoms with Crippen molar-refractivity contribution in [3.05, 3.63) is 76.9 Å². The Balaban J connectivity index is 1.55. The molecule has 0 radical (unpaired) electrons. The predicted molar refractivity (Wildman–Crippen MR) is 91.3 cm³/mol. The average Bonchev–Trinajstić information content (AvgIpc) is 3.29. The summed E-state index contributed by atoms with van der Waals surface area (Å²) in [6.45, 7) is 2.42. The van der Waals surface area contributed by atoms with Crippen LogP contribution in [0.2, 0.25) is 0 Å². The first-order chi connectivity index (χ1) is 11.3. The first-order valence-corrected chi connectivity index (χ1v) is 8.41. The van der Waals surface area contributed by atoms with Gasteiger partial charge in [-0.3, -0.25) is 4.90 Å². The van der Waals surface area contributed by atoms with E-state index in [2.05, 4.69) is 56.0 Å². The quantitative estimate of drug-likeness (QED) is 0.681. The van der Waals surface area contributed by atoms with Crippen molar-refractivity contribution >= 4 is 15.9 Å². The number of hydrogen-bond acceptors (Lipinski definition) is 3. The highest BCUT2D eigenvalue weighted by Gasteiger charge is 2.28. The lowest BCUT2D eigenvalue weighted by atomic mass is 10.2. The number of benzene rings is 1. The van der Waals surface area contributed by atoms with Crippen molar-refractivity contribution in [2.75, 3.05) is 13.2 Å². The van der Waals surface area contributed by atoms with Crippen LogP contribution in [0.25, 0.3) is 5.69 Å². The molecule has 118 valence electrons. The molecule has 1 atom stereocenters. The number of aromatic nitrogens is 1. The third-order valence-electron chi connectivity index (χ3n) is 4.03. The van der Waals surface area contributed by atoms with E-state index in [1.54, 1.807) is 6.26 Å². The molecule has 0 aliphatic carbocycles. The van der Waals surface area contributed by atoms with E-state index in [1.165, 1.54) is 0 Å². The zero-order valence-electron chi connectivity index (χ0n) is 12.6. The van der Waals surface area contributed by atoms with E-state index in [4.69, 9.17) is 9.15 Å². The summed E-state index contributed by atoms with van der Waals surface area (Å²) >= 11 is 3.52. The number of halogens is 1. The fourth-order valence-corrected chi connectivity index (χ4v) is 3.32. The smallest absolute Gasteiger partial charge is 0.138 e. The molecule has 0 spiro atoms. The van der Waals surface area contributed by atoms with Gasteiger partial charge in [0.25, 0.3) is 0 Å². The normalized spacial score (nSPS) is 18.6. The topological polar surface area (TPSA) is 30.5 Å². The molecule has 4 rings (SSSR count). The largest absolute Gasteiger partial charge is 0.468 e. The predicted octanol–water partition coefficient (Wildman–Crippen LogP) is 4.36. The van der Waals surface area contributed by atoms with Crippen LogP contribution in [0, 0.1) is 0 Å². The van der Waals surface area contributed by atoms with E-state index >= 15 is 0 Å². The van der Waals surface area contributed by atoms with Gasteiger partial charge < -0.3 is 13.7 Å². The van der Waals surface area contributed by atoms with E-state index in [9.17, 15) is 0 Å². The summed E-state index contributed by atoms with van der Waals surface area (Å²) < 4.78 is 14.6. The van der Waals surface area contributed by atoms with Gasteiger partial charge >= 0.3 is 0 Å². The molecule has 1 aliphatic rings. The Kier molecular flexibility index (Phi) is 4.08. The van der Waals surface area contributed by atoms with Crippen molar-refractivity contribution in [2.24, 2.45) is 0 Å². The van der Waals surface area contributed by atoms with Crippen LogP contribution in [0.4, 0.5) is 0 Å². The lowest BCUT2D eigenvalue weighted by molar-refractivity contribution is 0.0258. The molecule has 4 nitrogen and oxygen atoms in total. The summed E-state index contributed by atoms with van der Waals surface area (Å²) in [6, 6.07) is 14.3. The van der Waals surface area contributed by atoms with Gasteiger partial charge in [-0.15, -0.1) is 0 Å². The first-order valence-electron chi connectivity index (χ1n) is 7.61. The van der Waals surface area contributed by atoms with Gasteiger partial charge in [0, 0.05) is 34.7 Å². The Bertz CT molecular complexity index is 782. The van der Waals surface area contributed by atoms with Crippen molar-refractivity contribution in [2.45, 2.75) is 12.8 Å². The Hall–Kier alpha value is -1.82. The fourth-order valence-electron chi connectivity index (χ4n) is 2.93. The van der Waals surface area contributed by atoms with Gasteiger partial charge in [0.05, 0.1) is 19.4 Å². The number of ether oxygens (including phenoxy) is 1. The maximum absolute atomic E-state index is 5.93. The summed E-state index contributed by atoms with van der Waals surface area (Å²) in [5, 5.41) is 0. The number of furan rings is 1. The van der Waals surface area contributed by atoms with Crippen LogP contribution in [0.3, 0.4) is 0 Å². The van der Waals surface area contributed by atoms with Crippen LogP contribution >= 0.6 is 15.9 Å². The van der Waals surface area contributed by atoms with E-state index in [0.29, 0.717) is 0 Å². The van der Waals surface area contributed by atoms with Crippen LogP contribution in [-0.2, 0) is 11.3 Å². The second-order valence-electron chi connectivity index (χ2n) is 5.60. The highest BCUT2D eigenvalue weighted by atomic mass is 79.9. The van der Waals surface area contributed by atoms with Crippen molar-refractivity contribution < 1.29 is 9.15 Å². The molecule has 23 heavy (non-hydrogen) atoms. The van der Waals surface area contributed by atoms with E-state index in [0.717, 1.165) is 41.2 Å². The summed E-state index contributed by atoms with van der Waals surface area (Å²) in [5.74, 6) is 0.965. The lowest BCUT2D eigenvalue weighted by Crippen LogP contribution is -2.22. The average molecular weight is 373 g/mol. The summed E-state index contributed by atoms with van der Waals surface area (Å²) in [7, 11) is 0. The zero-order chi connectivity index (χ0) is 15.6. The summed E-state index contributed by atoms with van der Waals surface area (Å²) in [6.07, 6.45) is 5.90. The standard InChI is InChI=1S/C18H17BrN2O2/c19-15-3-1-4-16(11-15)20-7-6-14(12-20)18-21(8-10-23-18)13-17-5-2-9-22-17/h1-7,9,11-12,18H,8,10,13H2/t18-/m0/s1. The van der Waals surface area contributed by atoms with Gasteiger partial charge in [0.2, 0.25) is 0 Å². The molecule has 1 saturated heterocycles. The molecule has 0 N–H and O–H groups in total. The third-order valence-corrected chi connectivity index (χ3v) is 4.53. The van der Waals surface area contributed by atoms with Crippen LogP contribution < -0.4 is 0 Å². The molecular weight excluding hydrogens is 356 g/mol. The molecule has 1 aliphatic heterocycles. The van der Waals surface area contributed by atoms with E-state index in [1.807, 2.05) is 24.3 Å². The maximum atomic E-state index is 5.93. The van der Waals surface area contributed by atoms with Crippen molar-refractivity contribution in [3.8, 4) is 5.69 Å². The number of nitrogens with zero attached hydrogens (tertiary/aromatic N) is 2. The van der Waals surface area contributed by atoms with E-state index in [-0.39, 0.29) is 6.23 Å². The molecule has 0 saturated carbocycles. The second-order valence-corrected chi connectivity index (χ2v) is 6.52. The zero-order valence-corrected chi connectivity index (χ0v) is 14.1. The fraction of sp³-hybridized carbons (Fsp3) is 0.222. The van der Waals surface area contributed by atoms with Crippen molar-refractivity contribution in [3.63, 3.8) is 0 Å². The molecule has 5 heteroatoms. The molecule has 0 bridgehead atoms. The Morgan fingerprint density at radius 2 is 2.13 bits per heavy atom. The minimum Gasteiger partial charge on any atom is -0.468 e. The molecular formula is C18H17BrN2O2. The summed E-state index contributed by atoms with van der Waals surface area (Å²) in [4.78, 5) is 2.29. The lowest BCUT2D eigenvalue weighted by Gasteiger charge is -2.21. The Morgan fingerprint density at radius 3 is 2.96 bits per heavy atom. The summed E-state index contributed by atoms with van der Waals surface area (Å²) in [5.41, 5.74) is 2.29. The Labute approximate surface area is 143 Å². The molecule has 3 heterocycles. The minimum absolute atomic E-state index is 0.0199. The number of rotatable bonds is 4. The van der Waals surface area contributed by atoms with Gasteiger partial charge in [0.15, 0.2) is 0 Å². The van der Waals surface area contributed by atoms with Crippen LogP contribution in [0.1, 0.15) is 17.6 Å². The monoisotopic (exact) mass is 372 g/mol. The maximum Gasteiger partial charge on any atom is 0.138 e. The van der Waals surface area contributed by atoms with Crippen molar-refractivity contribution in [1.29, 1.82) is 0 Å². The molecule has 0 unspecified atom stereocenters. The number of hydrogen-bond donors (Lipinski definition) is 0. The molecule has 3 aromatic rings. The second kappa shape index (κ2) is 6.35. The van der Waals surface area contributed by atoms with Crippen LogP contribution in [0.5, 0.6) is 0 Å². The van der Waals surface area contributed by atoms with Gasteiger partial charge in [-0.2, -0.15) is 0 Å². The molecule has 2 aromatic heterocycles. The first kappa shape index (κ1) is 14.8. The van der Waals surface area contributed by atoms with E-state index < -0.39 is 0 Å². The SMILES string of the molecule is Brc1cccc(-n2ccc([C@@H]3OCCN3Cc3ccco3)c2)c1. The third kappa shape index (κ3) is 3.13. The highest BCUT2D eigenvalue weighted by Crippen LogP contribution is 2.29. The van der Waals surface area contributed by atoms with Crippen LogP contribution in [-0.4, -0.2) is 22.6 Å². The molecule has 1 fully saturated rings. The van der Waals surface area contributed by atoms with Crippen molar-refractivity contribution in [1.82, 2.24) is 9.47 Å². The van der Waals surface area contributed by atoms with Gasteiger partial charge in [-0.05, 0) is 36.4 Å².